The number of hydrogen-bond donors (Lipinski definition) is 2. The third kappa shape index (κ3) is 3.31. The number of nitrogens with zero attached hydrogens (tertiary/aromatic N) is 2. The molecule has 7 nitrogen and oxygen atoms in total. The molecule has 0 saturated carbocycles. The number of carbonyl (C=O) groups excluding carboxylic acids is 3. The Hall–Kier alpha value is -2.40. The number of nitrogens with one attached hydrogen (secondary N) is 2. The molecule has 2 N–H and O–H groups in total. The molecule has 1 aliphatic heterocycles. The minimum Gasteiger partial charge on any atom is -0.324 e. The molecule has 1 saturated heterocycles. The second-order valence-electron chi connectivity index (χ2n) is 7.48. The molecule has 0 radical (unpaired) electrons. The lowest BCUT2D eigenvalue weighted by Gasteiger charge is -2.17. The molecule has 0 spiro atoms. The fourth-order valence-electron chi connectivity index (χ4n) is 3.38. The molecule has 4 amide bonds. The Kier molecular flexibility index (Phi) is 4.76. The van der Waals surface area contributed by atoms with E-state index in [0.29, 0.717) is 16.5 Å². The molecule has 0 bridgehead atoms. The first-order valence-electron chi connectivity index (χ1n) is 8.71. The molecule has 26 heavy (non-hydrogen) atoms. The minimum absolute atomic E-state index is 0.000915. The molecule has 1 atom stereocenters. The zero-order valence-electron chi connectivity index (χ0n) is 15.1. The molecule has 138 valence electrons. The van der Waals surface area contributed by atoms with E-state index in [1.165, 1.54) is 16.2 Å². The maximum atomic E-state index is 12.3. The predicted octanol–water partition coefficient (Wildman–Crippen LogP) is 2.40. The van der Waals surface area contributed by atoms with Gasteiger partial charge in [0.1, 0.15) is 16.6 Å². The minimum atomic E-state index is -0.939. The van der Waals surface area contributed by atoms with Crippen LogP contribution >= 0.6 is 11.3 Å². The summed E-state index contributed by atoms with van der Waals surface area (Å²) in [6.07, 6.45) is 2.85. The third-order valence-electron chi connectivity index (χ3n) is 4.88. The number of imide groups is 1. The van der Waals surface area contributed by atoms with Crippen molar-refractivity contribution < 1.29 is 14.4 Å². The summed E-state index contributed by atoms with van der Waals surface area (Å²) in [6, 6.07) is 1.73. The number of carbonyl (C=O) groups is 3. The van der Waals surface area contributed by atoms with E-state index < -0.39 is 11.6 Å². The van der Waals surface area contributed by atoms with Crippen molar-refractivity contribution in [1.82, 2.24) is 10.2 Å². The first-order valence-corrected chi connectivity index (χ1v) is 9.53. The van der Waals surface area contributed by atoms with Crippen molar-refractivity contribution in [3.8, 4) is 6.07 Å². The molecule has 2 heterocycles. The largest absolute Gasteiger partial charge is 0.325 e. The van der Waals surface area contributed by atoms with E-state index in [0.717, 1.165) is 29.7 Å². The Morgan fingerprint density at radius 3 is 2.81 bits per heavy atom. The van der Waals surface area contributed by atoms with Crippen molar-refractivity contribution in [3.63, 3.8) is 0 Å². The van der Waals surface area contributed by atoms with Crippen molar-refractivity contribution in [2.24, 2.45) is 5.92 Å². The number of rotatable bonds is 4. The first-order chi connectivity index (χ1) is 12.2. The first kappa shape index (κ1) is 18.4. The molecule has 8 heteroatoms. The van der Waals surface area contributed by atoms with Crippen LogP contribution in [-0.4, -0.2) is 34.8 Å². The van der Waals surface area contributed by atoms with Crippen LogP contribution < -0.4 is 10.6 Å². The molecule has 1 aromatic rings. The van der Waals surface area contributed by atoms with Gasteiger partial charge in [-0.05, 0) is 44.6 Å². The highest BCUT2D eigenvalue weighted by Crippen LogP contribution is 2.39. The van der Waals surface area contributed by atoms with E-state index in [-0.39, 0.29) is 24.8 Å². The average molecular weight is 374 g/mol. The van der Waals surface area contributed by atoms with Gasteiger partial charge in [-0.15, -0.1) is 11.3 Å². The summed E-state index contributed by atoms with van der Waals surface area (Å²) < 4.78 is 0. The highest BCUT2D eigenvalue weighted by atomic mass is 32.1. The van der Waals surface area contributed by atoms with E-state index in [1.807, 2.05) is 0 Å². The van der Waals surface area contributed by atoms with Gasteiger partial charge in [-0.2, -0.15) is 5.26 Å². The Morgan fingerprint density at radius 1 is 1.46 bits per heavy atom. The smallest absolute Gasteiger partial charge is 0.324 e. The van der Waals surface area contributed by atoms with Crippen LogP contribution in [0.15, 0.2) is 0 Å². The van der Waals surface area contributed by atoms with E-state index in [4.69, 9.17) is 0 Å². The number of nitriles is 1. The molecule has 3 rings (SSSR count). The molecule has 2 aliphatic rings. The molecular weight excluding hydrogens is 352 g/mol. The fourth-order valence-corrected chi connectivity index (χ4v) is 4.76. The molecule has 0 aromatic carbocycles. The number of urea groups is 1. The number of thiophene rings is 1. The maximum Gasteiger partial charge on any atom is 0.325 e. The van der Waals surface area contributed by atoms with Gasteiger partial charge in [-0.3, -0.25) is 14.5 Å². The lowest BCUT2D eigenvalue weighted by atomic mass is 9.89. The zero-order chi connectivity index (χ0) is 19.1. The van der Waals surface area contributed by atoms with Crippen LogP contribution in [0.3, 0.4) is 0 Å². The second kappa shape index (κ2) is 6.72. The summed E-state index contributed by atoms with van der Waals surface area (Å²) in [5, 5.41) is 15.4. The van der Waals surface area contributed by atoms with Gasteiger partial charge in [0.25, 0.3) is 5.91 Å². The van der Waals surface area contributed by atoms with E-state index in [2.05, 4.69) is 23.6 Å². The molecule has 1 aromatic heterocycles. The lowest BCUT2D eigenvalue weighted by molar-refractivity contribution is -0.130. The van der Waals surface area contributed by atoms with Gasteiger partial charge in [-0.1, -0.05) is 6.92 Å². The third-order valence-corrected chi connectivity index (χ3v) is 6.05. The maximum absolute atomic E-state index is 12.3. The highest BCUT2D eigenvalue weighted by molar-refractivity contribution is 7.16. The van der Waals surface area contributed by atoms with E-state index in [9.17, 15) is 19.6 Å². The molecule has 1 unspecified atom stereocenters. The summed E-state index contributed by atoms with van der Waals surface area (Å²) in [5.74, 6) is -0.0636. The van der Waals surface area contributed by atoms with Crippen molar-refractivity contribution in [1.29, 1.82) is 5.26 Å². The quantitative estimate of drug-likeness (QED) is 0.790. The Morgan fingerprint density at radius 2 is 2.19 bits per heavy atom. The zero-order valence-corrected chi connectivity index (χ0v) is 16.0. The molecular formula is C18H22N4O3S. The van der Waals surface area contributed by atoms with Crippen LogP contribution in [-0.2, 0) is 22.4 Å². The topological polar surface area (TPSA) is 102 Å². The standard InChI is InChI=1S/C18H22N4O3S/c1-10-4-5-11-12(9-19)15(26-13(11)8-10)20-14(23)6-7-22-16(24)18(2,3)21-17(22)25/h10H,4-8H2,1-3H3,(H,20,23)(H,21,25). The Balaban J connectivity index is 1.65. The summed E-state index contributed by atoms with van der Waals surface area (Å²) in [6.45, 7) is 5.46. The van der Waals surface area contributed by atoms with Gasteiger partial charge in [0, 0.05) is 17.8 Å². The lowest BCUT2D eigenvalue weighted by Crippen LogP contribution is -2.40. The van der Waals surface area contributed by atoms with Crippen molar-refractivity contribution >= 4 is 34.2 Å². The summed E-state index contributed by atoms with van der Waals surface area (Å²) >= 11 is 1.46. The molecule has 1 aliphatic carbocycles. The van der Waals surface area contributed by atoms with Gasteiger partial charge in [0.15, 0.2) is 0 Å². The number of anilines is 1. The second-order valence-corrected chi connectivity index (χ2v) is 8.58. The predicted molar refractivity (Wildman–Crippen MR) is 97.8 cm³/mol. The Bertz CT molecular complexity index is 821. The van der Waals surface area contributed by atoms with Crippen molar-refractivity contribution in [2.75, 3.05) is 11.9 Å². The monoisotopic (exact) mass is 374 g/mol. The van der Waals surface area contributed by atoms with E-state index in [1.54, 1.807) is 13.8 Å². The normalized spacial score (nSPS) is 21.2. The van der Waals surface area contributed by atoms with Gasteiger partial charge in [0.2, 0.25) is 5.91 Å². The summed E-state index contributed by atoms with van der Waals surface area (Å²) in [5.41, 5.74) is 0.675. The van der Waals surface area contributed by atoms with Crippen LogP contribution in [0, 0.1) is 17.2 Å². The highest BCUT2D eigenvalue weighted by Gasteiger charge is 2.44. The van der Waals surface area contributed by atoms with Crippen LogP contribution in [0.4, 0.5) is 9.80 Å². The van der Waals surface area contributed by atoms with E-state index >= 15 is 0 Å². The average Bonchev–Trinajstić information content (AvgIpc) is 2.98. The fraction of sp³-hybridized carbons (Fsp3) is 0.556. The number of fused-ring (bicyclic) bond motifs is 1. The van der Waals surface area contributed by atoms with Gasteiger partial charge in [0.05, 0.1) is 5.56 Å². The Labute approximate surface area is 156 Å². The van der Waals surface area contributed by atoms with Crippen LogP contribution in [0.2, 0.25) is 0 Å². The summed E-state index contributed by atoms with van der Waals surface area (Å²) in [4.78, 5) is 38.5. The van der Waals surface area contributed by atoms with Gasteiger partial charge >= 0.3 is 6.03 Å². The number of hydrogen-bond acceptors (Lipinski definition) is 5. The van der Waals surface area contributed by atoms with Crippen LogP contribution in [0.1, 0.15) is 49.6 Å². The van der Waals surface area contributed by atoms with Gasteiger partial charge < -0.3 is 10.6 Å². The van der Waals surface area contributed by atoms with Crippen molar-refractivity contribution in [2.45, 2.75) is 52.0 Å². The SMILES string of the molecule is CC1CCc2c(sc(NC(=O)CCN3C(=O)NC(C)(C)C3=O)c2C#N)C1. The van der Waals surface area contributed by atoms with Crippen LogP contribution in [0.5, 0.6) is 0 Å². The van der Waals surface area contributed by atoms with Crippen molar-refractivity contribution in [3.05, 3.63) is 16.0 Å². The molecule has 1 fully saturated rings. The van der Waals surface area contributed by atoms with Gasteiger partial charge in [-0.25, -0.2) is 4.79 Å². The van der Waals surface area contributed by atoms with Crippen LogP contribution in [0.25, 0.3) is 0 Å². The number of amides is 4. The summed E-state index contributed by atoms with van der Waals surface area (Å²) in [7, 11) is 0.